The van der Waals surface area contributed by atoms with E-state index in [1.54, 1.807) is 0 Å². The van der Waals surface area contributed by atoms with Gasteiger partial charge >= 0.3 is 0 Å². The van der Waals surface area contributed by atoms with E-state index in [1.807, 2.05) is 38.2 Å². The number of nitrogens with zero attached hydrogens (tertiary/aromatic N) is 2. The third-order valence-electron chi connectivity index (χ3n) is 2.62. The molecule has 1 aromatic carbocycles. The summed E-state index contributed by atoms with van der Waals surface area (Å²) in [5, 5.41) is 3.11. The molecular formula is C14H16BrN3. The molecule has 0 aliphatic heterocycles. The van der Waals surface area contributed by atoms with Crippen LogP contribution in [0.5, 0.6) is 0 Å². The molecule has 2 aromatic rings. The Morgan fingerprint density at radius 3 is 2.72 bits per heavy atom. The van der Waals surface area contributed by atoms with Crippen LogP contribution in [0.15, 0.2) is 34.8 Å². The Labute approximate surface area is 116 Å². The Morgan fingerprint density at radius 1 is 1.22 bits per heavy atom. The number of aromatic nitrogens is 2. The number of benzene rings is 1. The molecule has 18 heavy (non-hydrogen) atoms. The zero-order chi connectivity index (χ0) is 13.0. The summed E-state index contributed by atoms with van der Waals surface area (Å²) in [6, 6.07) is 10.2. The van der Waals surface area contributed by atoms with Gasteiger partial charge in [-0.3, -0.25) is 0 Å². The molecule has 0 amide bonds. The first kappa shape index (κ1) is 13.2. The third kappa shape index (κ3) is 3.37. The van der Waals surface area contributed by atoms with Crippen LogP contribution in [0.4, 0.5) is 0 Å². The minimum Gasteiger partial charge on any atom is -0.314 e. The molecule has 0 aliphatic rings. The summed E-state index contributed by atoms with van der Waals surface area (Å²) in [6.07, 6.45) is 0.750. The molecule has 0 radical (unpaired) electrons. The fraction of sp³-hybridized carbons (Fsp3) is 0.286. The monoisotopic (exact) mass is 305 g/mol. The van der Waals surface area contributed by atoms with Gasteiger partial charge in [-0.2, -0.15) is 0 Å². The van der Waals surface area contributed by atoms with Crippen molar-refractivity contribution >= 4 is 15.9 Å². The van der Waals surface area contributed by atoms with Gasteiger partial charge in [0, 0.05) is 23.1 Å². The van der Waals surface area contributed by atoms with Crippen molar-refractivity contribution in [2.75, 3.05) is 7.05 Å². The van der Waals surface area contributed by atoms with E-state index in [9.17, 15) is 0 Å². The SMILES string of the molecule is CNCc1cc(C)nc(Cc2ccccc2Br)n1. The van der Waals surface area contributed by atoms with Crippen molar-refractivity contribution < 1.29 is 0 Å². The molecule has 2 rings (SSSR count). The van der Waals surface area contributed by atoms with Gasteiger partial charge in [0.25, 0.3) is 0 Å². The molecule has 0 bridgehead atoms. The topological polar surface area (TPSA) is 37.8 Å². The molecule has 1 N–H and O–H groups in total. The summed E-state index contributed by atoms with van der Waals surface area (Å²) in [7, 11) is 1.92. The molecule has 0 spiro atoms. The zero-order valence-electron chi connectivity index (χ0n) is 10.6. The second-order valence-electron chi connectivity index (χ2n) is 4.22. The van der Waals surface area contributed by atoms with Gasteiger partial charge in [-0.25, -0.2) is 9.97 Å². The van der Waals surface area contributed by atoms with Crippen LogP contribution in [0.2, 0.25) is 0 Å². The van der Waals surface area contributed by atoms with Crippen LogP contribution in [0.1, 0.15) is 22.8 Å². The van der Waals surface area contributed by atoms with Crippen LogP contribution >= 0.6 is 15.9 Å². The van der Waals surface area contributed by atoms with E-state index in [4.69, 9.17) is 0 Å². The van der Waals surface area contributed by atoms with Crippen molar-refractivity contribution in [1.82, 2.24) is 15.3 Å². The first-order valence-electron chi connectivity index (χ1n) is 5.90. The maximum Gasteiger partial charge on any atom is 0.133 e. The Morgan fingerprint density at radius 2 is 2.00 bits per heavy atom. The first-order chi connectivity index (χ1) is 8.69. The van der Waals surface area contributed by atoms with E-state index >= 15 is 0 Å². The third-order valence-corrected chi connectivity index (χ3v) is 3.39. The Kier molecular flexibility index (Phi) is 4.44. The number of hydrogen-bond acceptors (Lipinski definition) is 3. The van der Waals surface area contributed by atoms with Crippen LogP contribution in [0, 0.1) is 6.92 Å². The van der Waals surface area contributed by atoms with Crippen LogP contribution in [-0.2, 0) is 13.0 Å². The quantitative estimate of drug-likeness (QED) is 0.944. The van der Waals surface area contributed by atoms with Gasteiger partial charge in [0.2, 0.25) is 0 Å². The highest BCUT2D eigenvalue weighted by Crippen LogP contribution is 2.18. The van der Waals surface area contributed by atoms with Crippen molar-refractivity contribution in [3.05, 3.63) is 57.6 Å². The molecule has 1 aromatic heterocycles. The van der Waals surface area contributed by atoms with E-state index in [-0.39, 0.29) is 0 Å². The van der Waals surface area contributed by atoms with E-state index in [0.29, 0.717) is 0 Å². The van der Waals surface area contributed by atoms with E-state index in [1.165, 1.54) is 5.56 Å². The molecule has 0 atom stereocenters. The number of rotatable bonds is 4. The van der Waals surface area contributed by atoms with Crippen LogP contribution in [0.3, 0.4) is 0 Å². The van der Waals surface area contributed by atoms with Crippen molar-refractivity contribution in [1.29, 1.82) is 0 Å². The normalized spacial score (nSPS) is 10.6. The van der Waals surface area contributed by atoms with E-state index in [0.717, 1.165) is 34.7 Å². The highest BCUT2D eigenvalue weighted by atomic mass is 79.9. The van der Waals surface area contributed by atoms with Crippen molar-refractivity contribution in [2.24, 2.45) is 0 Å². The summed E-state index contributed by atoms with van der Waals surface area (Å²) < 4.78 is 1.10. The summed E-state index contributed by atoms with van der Waals surface area (Å²) in [4.78, 5) is 9.06. The second kappa shape index (κ2) is 6.07. The van der Waals surface area contributed by atoms with Gasteiger partial charge in [0.1, 0.15) is 5.82 Å². The fourth-order valence-electron chi connectivity index (χ4n) is 1.86. The molecule has 0 fully saturated rings. The maximum absolute atomic E-state index is 4.57. The smallest absolute Gasteiger partial charge is 0.133 e. The molecule has 94 valence electrons. The second-order valence-corrected chi connectivity index (χ2v) is 5.07. The minimum atomic E-state index is 0.750. The van der Waals surface area contributed by atoms with Gasteiger partial charge in [0.05, 0.1) is 5.69 Å². The summed E-state index contributed by atoms with van der Waals surface area (Å²) in [5.74, 6) is 0.868. The first-order valence-corrected chi connectivity index (χ1v) is 6.70. The fourth-order valence-corrected chi connectivity index (χ4v) is 2.29. The van der Waals surface area contributed by atoms with E-state index < -0.39 is 0 Å². The summed E-state index contributed by atoms with van der Waals surface area (Å²) in [6.45, 7) is 2.77. The van der Waals surface area contributed by atoms with Crippen molar-refractivity contribution in [3.8, 4) is 0 Å². The molecule has 0 saturated carbocycles. The molecule has 0 saturated heterocycles. The Balaban J connectivity index is 2.26. The number of aryl methyl sites for hydroxylation is 1. The average molecular weight is 306 g/mol. The van der Waals surface area contributed by atoms with Gasteiger partial charge < -0.3 is 5.32 Å². The predicted molar refractivity (Wildman–Crippen MR) is 76.5 cm³/mol. The van der Waals surface area contributed by atoms with Crippen LogP contribution in [0.25, 0.3) is 0 Å². The summed E-state index contributed by atoms with van der Waals surface area (Å²) >= 11 is 3.55. The largest absolute Gasteiger partial charge is 0.314 e. The lowest BCUT2D eigenvalue weighted by Crippen LogP contribution is -2.10. The summed E-state index contributed by atoms with van der Waals surface area (Å²) in [5.41, 5.74) is 3.25. The van der Waals surface area contributed by atoms with Crippen molar-refractivity contribution in [3.63, 3.8) is 0 Å². The van der Waals surface area contributed by atoms with Gasteiger partial charge in [-0.1, -0.05) is 34.1 Å². The predicted octanol–water partition coefficient (Wildman–Crippen LogP) is 2.86. The lowest BCUT2D eigenvalue weighted by atomic mass is 10.1. The van der Waals surface area contributed by atoms with Gasteiger partial charge in [0.15, 0.2) is 0 Å². The molecule has 4 heteroatoms. The van der Waals surface area contributed by atoms with Gasteiger partial charge in [-0.15, -0.1) is 0 Å². The Hall–Kier alpha value is -1.26. The standard InChI is InChI=1S/C14H16BrN3/c1-10-7-12(9-16-2)18-14(17-10)8-11-5-3-4-6-13(11)15/h3-7,16H,8-9H2,1-2H3. The maximum atomic E-state index is 4.57. The number of nitrogens with one attached hydrogen (secondary N) is 1. The van der Waals surface area contributed by atoms with Gasteiger partial charge in [-0.05, 0) is 31.7 Å². The molecular weight excluding hydrogens is 290 g/mol. The molecule has 1 heterocycles. The lowest BCUT2D eigenvalue weighted by Gasteiger charge is -2.07. The molecule has 0 aliphatic carbocycles. The molecule has 0 unspecified atom stereocenters. The lowest BCUT2D eigenvalue weighted by molar-refractivity contribution is 0.767. The Bertz CT molecular complexity index is 540. The van der Waals surface area contributed by atoms with Crippen molar-refractivity contribution in [2.45, 2.75) is 19.9 Å². The number of hydrogen-bond donors (Lipinski definition) is 1. The highest BCUT2D eigenvalue weighted by Gasteiger charge is 2.05. The van der Waals surface area contributed by atoms with Crippen LogP contribution in [-0.4, -0.2) is 17.0 Å². The average Bonchev–Trinajstić information content (AvgIpc) is 2.32. The zero-order valence-corrected chi connectivity index (χ0v) is 12.2. The van der Waals surface area contributed by atoms with E-state index in [2.05, 4.69) is 37.3 Å². The molecule has 3 nitrogen and oxygen atoms in total. The number of halogens is 1. The highest BCUT2D eigenvalue weighted by molar-refractivity contribution is 9.10. The van der Waals surface area contributed by atoms with Crippen LogP contribution < -0.4 is 5.32 Å². The minimum absolute atomic E-state index is 0.750.